The van der Waals surface area contributed by atoms with Crippen LogP contribution in [0.3, 0.4) is 0 Å². The highest BCUT2D eigenvalue weighted by Gasteiger charge is 2.16. The summed E-state index contributed by atoms with van der Waals surface area (Å²) in [5, 5.41) is 8.62. The van der Waals surface area contributed by atoms with Crippen LogP contribution in [0.2, 0.25) is 0 Å². The quantitative estimate of drug-likeness (QED) is 0.912. The Bertz CT molecular complexity index is 359. The molecular formula is C7H4BrF2NO3. The van der Waals surface area contributed by atoms with Crippen molar-refractivity contribution in [2.75, 3.05) is 0 Å². The van der Waals surface area contributed by atoms with Crippen LogP contribution in [0.1, 0.15) is 10.4 Å². The Labute approximate surface area is 85.6 Å². The highest BCUT2D eigenvalue weighted by Crippen LogP contribution is 2.21. The third kappa shape index (κ3) is 2.63. The van der Waals surface area contributed by atoms with Crippen molar-refractivity contribution >= 4 is 21.9 Å². The fourth-order valence-electron chi connectivity index (χ4n) is 0.758. The number of carboxylic acid groups (broad SMARTS) is 1. The third-order valence-electron chi connectivity index (χ3n) is 1.25. The molecule has 0 spiro atoms. The van der Waals surface area contributed by atoms with Gasteiger partial charge in [0.05, 0.1) is 0 Å². The number of hydrogen-bond donors (Lipinski definition) is 1. The Hall–Kier alpha value is -1.24. The van der Waals surface area contributed by atoms with Crippen molar-refractivity contribution in [3.05, 3.63) is 22.3 Å². The lowest BCUT2D eigenvalue weighted by Gasteiger charge is -2.06. The minimum absolute atomic E-state index is 0.372. The molecule has 0 amide bonds. The van der Waals surface area contributed by atoms with Crippen molar-refractivity contribution in [3.8, 4) is 5.88 Å². The maximum atomic E-state index is 11.8. The Morgan fingerprint density at radius 1 is 1.64 bits per heavy atom. The van der Waals surface area contributed by atoms with E-state index in [0.29, 0.717) is 4.47 Å². The summed E-state index contributed by atoms with van der Waals surface area (Å²) in [5.41, 5.74) is -0.417. The predicted octanol–water partition coefficient (Wildman–Crippen LogP) is 2.14. The number of carboxylic acids is 1. The molecule has 0 atom stereocenters. The van der Waals surface area contributed by atoms with E-state index in [4.69, 9.17) is 5.11 Å². The van der Waals surface area contributed by atoms with E-state index in [0.717, 1.165) is 6.07 Å². The molecule has 1 rings (SSSR count). The number of rotatable bonds is 3. The van der Waals surface area contributed by atoms with Gasteiger partial charge in [-0.1, -0.05) is 0 Å². The molecule has 4 nitrogen and oxygen atoms in total. The van der Waals surface area contributed by atoms with Crippen LogP contribution >= 0.6 is 15.9 Å². The topological polar surface area (TPSA) is 59.4 Å². The zero-order chi connectivity index (χ0) is 10.7. The van der Waals surface area contributed by atoms with Crippen LogP contribution < -0.4 is 4.74 Å². The molecule has 0 aromatic carbocycles. The molecule has 0 aliphatic carbocycles. The molecule has 1 N–H and O–H groups in total. The molecule has 0 saturated carbocycles. The van der Waals surface area contributed by atoms with Gasteiger partial charge in [-0.15, -0.1) is 0 Å². The minimum Gasteiger partial charge on any atom is -0.477 e. The van der Waals surface area contributed by atoms with E-state index in [2.05, 4.69) is 25.7 Å². The van der Waals surface area contributed by atoms with Crippen molar-refractivity contribution < 1.29 is 23.4 Å². The van der Waals surface area contributed by atoms with Crippen molar-refractivity contribution in [2.24, 2.45) is 0 Å². The van der Waals surface area contributed by atoms with Gasteiger partial charge in [-0.05, 0) is 22.0 Å². The summed E-state index contributed by atoms with van der Waals surface area (Å²) in [6.07, 6.45) is 1.17. The first-order valence-corrected chi connectivity index (χ1v) is 4.13. The molecule has 1 aromatic heterocycles. The van der Waals surface area contributed by atoms with Gasteiger partial charge in [0.25, 0.3) is 0 Å². The number of ether oxygens (including phenoxy) is 1. The van der Waals surface area contributed by atoms with Crippen LogP contribution in [-0.4, -0.2) is 22.7 Å². The van der Waals surface area contributed by atoms with Crippen LogP contribution in [0.25, 0.3) is 0 Å². The van der Waals surface area contributed by atoms with Gasteiger partial charge in [-0.3, -0.25) is 0 Å². The lowest BCUT2D eigenvalue weighted by atomic mass is 10.3. The van der Waals surface area contributed by atoms with Gasteiger partial charge in [-0.25, -0.2) is 9.78 Å². The standard InChI is InChI=1S/C7H4BrF2NO3/c8-3-1-4(6(12)13)5(11-2-3)14-7(9)10/h1-2,7H,(H,12,13). The number of nitrogens with zero attached hydrogens (tertiary/aromatic N) is 1. The van der Waals surface area contributed by atoms with E-state index in [9.17, 15) is 13.6 Å². The number of aromatic carboxylic acids is 1. The first kappa shape index (κ1) is 10.8. The van der Waals surface area contributed by atoms with E-state index in [1.807, 2.05) is 0 Å². The van der Waals surface area contributed by atoms with Gasteiger partial charge < -0.3 is 9.84 Å². The first-order valence-electron chi connectivity index (χ1n) is 3.34. The SMILES string of the molecule is O=C(O)c1cc(Br)cnc1OC(F)F. The summed E-state index contributed by atoms with van der Waals surface area (Å²) in [4.78, 5) is 14.0. The van der Waals surface area contributed by atoms with Gasteiger partial charge in [0, 0.05) is 10.7 Å². The summed E-state index contributed by atoms with van der Waals surface area (Å²) >= 11 is 2.96. The van der Waals surface area contributed by atoms with Crippen LogP contribution in [0.15, 0.2) is 16.7 Å². The summed E-state index contributed by atoms with van der Waals surface area (Å²) in [5.74, 6) is -1.98. The Kier molecular flexibility index (Phi) is 3.34. The van der Waals surface area contributed by atoms with Gasteiger partial charge in [0.1, 0.15) is 5.56 Å². The van der Waals surface area contributed by atoms with Crippen molar-refractivity contribution in [3.63, 3.8) is 0 Å². The number of aromatic nitrogens is 1. The number of alkyl halides is 2. The monoisotopic (exact) mass is 267 g/mol. The molecule has 1 heterocycles. The maximum Gasteiger partial charge on any atom is 0.388 e. The normalized spacial score (nSPS) is 10.3. The number of hydrogen-bond acceptors (Lipinski definition) is 3. The molecular weight excluding hydrogens is 264 g/mol. The van der Waals surface area contributed by atoms with Gasteiger partial charge in [-0.2, -0.15) is 8.78 Å². The molecule has 0 bridgehead atoms. The van der Waals surface area contributed by atoms with Crippen LogP contribution in [0.4, 0.5) is 8.78 Å². The van der Waals surface area contributed by atoms with Crippen LogP contribution in [-0.2, 0) is 0 Å². The van der Waals surface area contributed by atoms with E-state index < -0.39 is 24.0 Å². The molecule has 0 saturated heterocycles. The number of halogens is 3. The highest BCUT2D eigenvalue weighted by molar-refractivity contribution is 9.10. The zero-order valence-electron chi connectivity index (χ0n) is 6.58. The number of pyridine rings is 1. The molecule has 1 aromatic rings. The average Bonchev–Trinajstić information content (AvgIpc) is 2.07. The second-order valence-electron chi connectivity index (χ2n) is 2.19. The largest absolute Gasteiger partial charge is 0.477 e. The van der Waals surface area contributed by atoms with Crippen molar-refractivity contribution in [2.45, 2.75) is 6.61 Å². The second kappa shape index (κ2) is 4.32. The third-order valence-corrected chi connectivity index (χ3v) is 1.68. The molecule has 14 heavy (non-hydrogen) atoms. The Morgan fingerprint density at radius 2 is 2.29 bits per heavy atom. The van der Waals surface area contributed by atoms with Gasteiger partial charge in [0.2, 0.25) is 5.88 Å². The van der Waals surface area contributed by atoms with E-state index in [-0.39, 0.29) is 0 Å². The van der Waals surface area contributed by atoms with Crippen molar-refractivity contribution in [1.29, 1.82) is 0 Å². The average molecular weight is 268 g/mol. The summed E-state index contributed by atoms with van der Waals surface area (Å²) in [7, 11) is 0. The Balaban J connectivity index is 3.08. The first-order chi connectivity index (χ1) is 6.50. The molecule has 0 aliphatic rings. The lowest BCUT2D eigenvalue weighted by molar-refractivity contribution is -0.0533. The second-order valence-corrected chi connectivity index (χ2v) is 3.11. The molecule has 0 fully saturated rings. The smallest absolute Gasteiger partial charge is 0.388 e. The van der Waals surface area contributed by atoms with Crippen molar-refractivity contribution in [1.82, 2.24) is 4.98 Å². The maximum absolute atomic E-state index is 11.8. The molecule has 0 aliphatic heterocycles. The molecule has 76 valence electrons. The molecule has 7 heteroatoms. The molecule has 0 radical (unpaired) electrons. The fraction of sp³-hybridized carbons (Fsp3) is 0.143. The van der Waals surface area contributed by atoms with E-state index >= 15 is 0 Å². The number of carbonyl (C=O) groups is 1. The van der Waals surface area contributed by atoms with Crippen LogP contribution in [0, 0.1) is 0 Å². The lowest BCUT2D eigenvalue weighted by Crippen LogP contribution is -2.09. The molecule has 0 unspecified atom stereocenters. The zero-order valence-corrected chi connectivity index (χ0v) is 8.16. The highest BCUT2D eigenvalue weighted by atomic mass is 79.9. The Morgan fingerprint density at radius 3 is 2.79 bits per heavy atom. The van der Waals surface area contributed by atoms with Gasteiger partial charge >= 0.3 is 12.6 Å². The predicted molar refractivity (Wildman–Crippen MR) is 45.5 cm³/mol. The summed E-state index contributed by atoms with van der Waals surface area (Å²) in [6, 6.07) is 1.13. The minimum atomic E-state index is -3.10. The van der Waals surface area contributed by atoms with Gasteiger partial charge in [0.15, 0.2) is 0 Å². The summed E-state index contributed by atoms with van der Waals surface area (Å²) < 4.78 is 27.9. The van der Waals surface area contributed by atoms with E-state index in [1.54, 1.807) is 0 Å². The summed E-state index contributed by atoms with van der Waals surface area (Å²) in [6.45, 7) is -3.10. The van der Waals surface area contributed by atoms with E-state index in [1.165, 1.54) is 6.20 Å². The van der Waals surface area contributed by atoms with Crippen LogP contribution in [0.5, 0.6) is 5.88 Å². The fourth-order valence-corrected chi connectivity index (χ4v) is 1.09.